The van der Waals surface area contributed by atoms with E-state index in [1.54, 1.807) is 7.11 Å². The highest BCUT2D eigenvalue weighted by molar-refractivity contribution is 5.73. The normalized spacial score (nSPS) is 22.4. The molecule has 1 aliphatic rings. The van der Waals surface area contributed by atoms with E-state index in [-0.39, 0.29) is 5.92 Å². The van der Waals surface area contributed by atoms with Crippen LogP contribution in [0.25, 0.3) is 0 Å². The van der Waals surface area contributed by atoms with Gasteiger partial charge in [0.15, 0.2) is 0 Å². The molecule has 3 heteroatoms. The monoisotopic (exact) mass is 276 g/mol. The van der Waals surface area contributed by atoms with Gasteiger partial charge in [-0.2, -0.15) is 0 Å². The quantitative estimate of drug-likeness (QED) is 0.889. The number of hydrogen-bond donors (Lipinski definition) is 1. The van der Waals surface area contributed by atoms with Crippen molar-refractivity contribution in [2.75, 3.05) is 7.11 Å². The van der Waals surface area contributed by atoms with E-state index in [0.29, 0.717) is 11.8 Å². The van der Waals surface area contributed by atoms with E-state index in [1.165, 1.54) is 22.3 Å². The second-order valence-electron chi connectivity index (χ2n) is 6.14. The predicted octanol–water partition coefficient (Wildman–Crippen LogP) is 3.83. The zero-order valence-corrected chi connectivity index (χ0v) is 13.0. The number of benzene rings is 1. The van der Waals surface area contributed by atoms with Crippen LogP contribution in [0.4, 0.5) is 0 Å². The van der Waals surface area contributed by atoms with Crippen LogP contribution in [0, 0.1) is 32.6 Å². The number of methoxy groups -OCH3 is 1. The lowest BCUT2D eigenvalue weighted by atomic mass is 9.86. The molecule has 0 aromatic heterocycles. The Morgan fingerprint density at radius 2 is 2.05 bits per heavy atom. The van der Waals surface area contributed by atoms with Gasteiger partial charge in [0.2, 0.25) is 0 Å². The Labute approximate surface area is 121 Å². The van der Waals surface area contributed by atoms with Crippen LogP contribution in [-0.4, -0.2) is 18.2 Å². The average molecular weight is 276 g/mol. The van der Waals surface area contributed by atoms with Crippen LogP contribution in [0.2, 0.25) is 0 Å². The van der Waals surface area contributed by atoms with Gasteiger partial charge in [-0.1, -0.05) is 6.92 Å². The molecule has 1 N–H and O–H groups in total. The first-order valence-electron chi connectivity index (χ1n) is 7.24. The molecule has 1 aromatic carbocycles. The summed E-state index contributed by atoms with van der Waals surface area (Å²) in [6, 6.07) is 2.09. The first kappa shape index (κ1) is 14.9. The second kappa shape index (κ2) is 5.47. The number of carbonyl (C=O) groups is 1. The number of aliphatic carboxylic acids is 1. The summed E-state index contributed by atoms with van der Waals surface area (Å²) in [4.78, 5) is 10.9. The predicted molar refractivity (Wildman–Crippen MR) is 79.5 cm³/mol. The van der Waals surface area contributed by atoms with E-state index in [4.69, 9.17) is 9.84 Å². The van der Waals surface area contributed by atoms with Crippen molar-refractivity contribution in [1.29, 1.82) is 0 Å². The van der Waals surface area contributed by atoms with E-state index >= 15 is 0 Å². The average Bonchev–Trinajstić information content (AvgIpc) is 3.13. The van der Waals surface area contributed by atoms with Gasteiger partial charge < -0.3 is 9.84 Å². The van der Waals surface area contributed by atoms with Crippen LogP contribution >= 0.6 is 0 Å². The lowest BCUT2D eigenvalue weighted by Crippen LogP contribution is -2.06. The third-order valence-electron chi connectivity index (χ3n) is 4.72. The fourth-order valence-corrected chi connectivity index (χ4v) is 3.42. The Morgan fingerprint density at radius 1 is 1.40 bits per heavy atom. The SMILES string of the molecule is COc1cc(C)c(C(C)CC2CC2C(=O)O)c(C)c1C. The minimum atomic E-state index is -0.637. The van der Waals surface area contributed by atoms with Crippen molar-refractivity contribution in [3.8, 4) is 5.75 Å². The van der Waals surface area contributed by atoms with Crippen LogP contribution in [0.3, 0.4) is 0 Å². The zero-order chi connectivity index (χ0) is 15.0. The molecule has 3 unspecified atom stereocenters. The van der Waals surface area contributed by atoms with Crippen LogP contribution in [0.1, 0.15) is 47.9 Å². The summed E-state index contributed by atoms with van der Waals surface area (Å²) in [7, 11) is 1.70. The molecule has 20 heavy (non-hydrogen) atoms. The van der Waals surface area contributed by atoms with E-state index in [1.807, 2.05) is 0 Å². The van der Waals surface area contributed by atoms with E-state index < -0.39 is 5.97 Å². The van der Waals surface area contributed by atoms with E-state index in [0.717, 1.165) is 18.6 Å². The molecule has 110 valence electrons. The molecule has 0 saturated heterocycles. The van der Waals surface area contributed by atoms with Gasteiger partial charge >= 0.3 is 5.97 Å². The zero-order valence-electron chi connectivity index (χ0n) is 13.0. The Balaban J connectivity index is 2.20. The van der Waals surface area contributed by atoms with Gasteiger partial charge in [-0.15, -0.1) is 0 Å². The van der Waals surface area contributed by atoms with Gasteiger partial charge in [-0.05, 0) is 73.8 Å². The Kier molecular flexibility index (Phi) is 4.07. The highest BCUT2D eigenvalue weighted by atomic mass is 16.5. The summed E-state index contributed by atoms with van der Waals surface area (Å²) in [5.41, 5.74) is 5.07. The smallest absolute Gasteiger partial charge is 0.306 e. The molecular weight excluding hydrogens is 252 g/mol. The molecular formula is C17H24O3. The Morgan fingerprint density at radius 3 is 2.55 bits per heavy atom. The van der Waals surface area contributed by atoms with Gasteiger partial charge in [-0.3, -0.25) is 4.79 Å². The molecule has 1 aromatic rings. The molecule has 0 heterocycles. The summed E-state index contributed by atoms with van der Waals surface area (Å²) >= 11 is 0. The minimum absolute atomic E-state index is 0.114. The lowest BCUT2D eigenvalue weighted by Gasteiger charge is -2.21. The lowest BCUT2D eigenvalue weighted by molar-refractivity contribution is -0.138. The molecule has 3 nitrogen and oxygen atoms in total. The molecule has 0 bridgehead atoms. The van der Waals surface area contributed by atoms with Crippen molar-refractivity contribution in [1.82, 2.24) is 0 Å². The number of rotatable bonds is 5. The standard InChI is InChI=1S/C17H24O3/c1-9(6-13-8-14(13)17(18)19)16-10(2)7-15(20-5)11(3)12(16)4/h7,9,13-14H,6,8H2,1-5H3,(H,18,19). The summed E-state index contributed by atoms with van der Waals surface area (Å²) < 4.78 is 5.41. The molecule has 0 amide bonds. The van der Waals surface area contributed by atoms with Gasteiger partial charge in [0.05, 0.1) is 13.0 Å². The summed E-state index contributed by atoms with van der Waals surface area (Å²) in [5.74, 6) is 0.933. The molecule has 1 aliphatic carbocycles. The van der Waals surface area contributed by atoms with Crippen molar-refractivity contribution in [2.45, 2.75) is 46.5 Å². The van der Waals surface area contributed by atoms with Crippen LogP contribution in [-0.2, 0) is 4.79 Å². The minimum Gasteiger partial charge on any atom is -0.496 e. The van der Waals surface area contributed by atoms with Crippen molar-refractivity contribution >= 4 is 5.97 Å². The third kappa shape index (κ3) is 2.67. The summed E-state index contributed by atoms with van der Waals surface area (Å²) in [5, 5.41) is 9.01. The van der Waals surface area contributed by atoms with E-state index in [9.17, 15) is 4.79 Å². The van der Waals surface area contributed by atoms with Crippen LogP contribution in [0.5, 0.6) is 5.75 Å². The maximum Gasteiger partial charge on any atom is 0.306 e. The van der Waals surface area contributed by atoms with Crippen molar-refractivity contribution in [3.63, 3.8) is 0 Å². The summed E-state index contributed by atoms with van der Waals surface area (Å²) in [6.45, 7) is 8.54. The first-order chi connectivity index (χ1) is 9.36. The van der Waals surface area contributed by atoms with Crippen molar-refractivity contribution in [2.24, 2.45) is 11.8 Å². The maximum absolute atomic E-state index is 10.9. The van der Waals surface area contributed by atoms with Crippen LogP contribution < -0.4 is 4.74 Å². The molecule has 1 saturated carbocycles. The maximum atomic E-state index is 10.9. The van der Waals surface area contributed by atoms with Gasteiger partial charge in [0.1, 0.15) is 5.75 Å². The molecule has 1 fully saturated rings. The fraction of sp³-hybridized carbons (Fsp3) is 0.588. The molecule has 0 spiro atoms. The number of ether oxygens (including phenoxy) is 1. The number of hydrogen-bond acceptors (Lipinski definition) is 2. The van der Waals surface area contributed by atoms with Gasteiger partial charge in [0.25, 0.3) is 0 Å². The highest BCUT2D eigenvalue weighted by Gasteiger charge is 2.43. The van der Waals surface area contributed by atoms with Gasteiger partial charge in [0, 0.05) is 0 Å². The third-order valence-corrected chi connectivity index (χ3v) is 4.72. The summed E-state index contributed by atoms with van der Waals surface area (Å²) in [6.07, 6.45) is 1.80. The Bertz CT molecular complexity index is 534. The topological polar surface area (TPSA) is 46.5 Å². The van der Waals surface area contributed by atoms with Gasteiger partial charge in [-0.25, -0.2) is 0 Å². The fourth-order valence-electron chi connectivity index (χ4n) is 3.42. The number of carboxylic acid groups (broad SMARTS) is 1. The van der Waals surface area contributed by atoms with E-state index in [2.05, 4.69) is 33.8 Å². The number of aryl methyl sites for hydroxylation is 1. The second-order valence-corrected chi connectivity index (χ2v) is 6.14. The van der Waals surface area contributed by atoms with Crippen molar-refractivity contribution < 1.29 is 14.6 Å². The number of carboxylic acids is 1. The van der Waals surface area contributed by atoms with Crippen molar-refractivity contribution in [3.05, 3.63) is 28.3 Å². The highest BCUT2D eigenvalue weighted by Crippen LogP contribution is 2.46. The largest absolute Gasteiger partial charge is 0.496 e. The molecule has 2 rings (SSSR count). The molecule has 3 atom stereocenters. The molecule has 0 radical (unpaired) electrons. The first-order valence-corrected chi connectivity index (χ1v) is 7.24. The van der Waals surface area contributed by atoms with Crippen LogP contribution in [0.15, 0.2) is 6.07 Å². The molecule has 0 aliphatic heterocycles. The Hall–Kier alpha value is -1.51.